The first kappa shape index (κ1) is 31.8. The number of rotatable bonds is 2. The lowest BCUT2D eigenvalue weighted by molar-refractivity contribution is 0.0240. The minimum Gasteiger partial charge on any atom is -0.444 e. The molecule has 40 heavy (non-hydrogen) atoms. The van der Waals surface area contributed by atoms with Gasteiger partial charge in [-0.3, -0.25) is 0 Å². The zero-order valence-corrected chi connectivity index (χ0v) is 26.9. The molecule has 0 N–H and O–H groups in total. The Balaban J connectivity index is 0.000000230. The fourth-order valence-corrected chi connectivity index (χ4v) is 5.27. The van der Waals surface area contributed by atoms with Gasteiger partial charge in [0, 0.05) is 63.7 Å². The van der Waals surface area contributed by atoms with Gasteiger partial charge in [0.2, 0.25) is 0 Å². The van der Waals surface area contributed by atoms with Crippen LogP contribution in [0.4, 0.5) is 16.2 Å². The number of nitrogens with zero attached hydrogens (tertiary/aromatic N) is 4. The van der Waals surface area contributed by atoms with Crippen LogP contribution in [-0.4, -0.2) is 80.9 Å². The molecule has 2 saturated heterocycles. The highest BCUT2D eigenvalue weighted by Crippen LogP contribution is 2.33. The van der Waals surface area contributed by atoms with Gasteiger partial charge in [-0.25, -0.2) is 4.79 Å². The van der Waals surface area contributed by atoms with E-state index in [4.69, 9.17) is 4.74 Å². The lowest BCUT2D eigenvalue weighted by Crippen LogP contribution is -2.50. The number of benzene rings is 2. The molecule has 0 saturated carbocycles. The van der Waals surface area contributed by atoms with Crippen LogP contribution in [0.25, 0.3) is 0 Å². The second-order valence-electron chi connectivity index (χ2n) is 14.3. The van der Waals surface area contributed by atoms with Crippen LogP contribution in [-0.2, 0) is 15.6 Å². The molecule has 2 aliphatic heterocycles. The highest BCUT2D eigenvalue weighted by atomic mass is 16.6. The Morgan fingerprint density at radius 3 is 1.35 bits per heavy atom. The average molecular weight is 551 g/mol. The number of piperazine rings is 2. The van der Waals surface area contributed by atoms with Crippen LogP contribution in [0.2, 0.25) is 0 Å². The van der Waals surface area contributed by atoms with Gasteiger partial charge < -0.3 is 24.3 Å². The maximum Gasteiger partial charge on any atom is 0.410 e. The minimum atomic E-state index is -0.437. The van der Waals surface area contributed by atoms with Crippen molar-refractivity contribution in [1.29, 1.82) is 0 Å². The summed E-state index contributed by atoms with van der Waals surface area (Å²) in [5.41, 5.74) is 5.42. The topological polar surface area (TPSA) is 39.3 Å². The van der Waals surface area contributed by atoms with Crippen LogP contribution in [0.3, 0.4) is 0 Å². The van der Waals surface area contributed by atoms with Crippen LogP contribution < -0.4 is 9.80 Å². The normalized spacial score (nSPS) is 17.3. The van der Waals surface area contributed by atoms with E-state index in [1.807, 2.05) is 20.8 Å². The second kappa shape index (κ2) is 12.8. The highest BCUT2D eigenvalue weighted by molar-refractivity contribution is 5.69. The van der Waals surface area contributed by atoms with Crippen molar-refractivity contribution in [2.24, 2.45) is 0 Å². The number of anilines is 2. The van der Waals surface area contributed by atoms with Crippen molar-refractivity contribution in [1.82, 2.24) is 9.80 Å². The van der Waals surface area contributed by atoms with Gasteiger partial charge >= 0.3 is 6.09 Å². The Kier molecular flexibility index (Phi) is 10.2. The van der Waals surface area contributed by atoms with Gasteiger partial charge in [-0.2, -0.15) is 0 Å². The van der Waals surface area contributed by atoms with Crippen molar-refractivity contribution >= 4 is 17.5 Å². The minimum absolute atomic E-state index is 0.110. The van der Waals surface area contributed by atoms with Crippen molar-refractivity contribution in [3.05, 3.63) is 59.7 Å². The van der Waals surface area contributed by atoms with E-state index in [1.165, 1.54) is 35.6 Å². The largest absolute Gasteiger partial charge is 0.444 e. The quantitative estimate of drug-likeness (QED) is 0.412. The summed E-state index contributed by atoms with van der Waals surface area (Å²) < 4.78 is 5.46. The first-order chi connectivity index (χ1) is 18.6. The number of likely N-dealkylation sites (N-methyl/N-ethyl adjacent to an activating group) is 1. The summed E-state index contributed by atoms with van der Waals surface area (Å²) >= 11 is 0. The first-order valence-corrected chi connectivity index (χ1v) is 14.9. The Labute approximate surface area is 244 Å². The maximum absolute atomic E-state index is 12.2. The first-order valence-electron chi connectivity index (χ1n) is 14.9. The van der Waals surface area contributed by atoms with Gasteiger partial charge in [0.1, 0.15) is 5.60 Å². The van der Waals surface area contributed by atoms with Gasteiger partial charge in [-0.1, -0.05) is 77.9 Å². The Hall–Kier alpha value is -2.73. The van der Waals surface area contributed by atoms with Crippen LogP contribution >= 0.6 is 0 Å². The van der Waals surface area contributed by atoms with Crippen LogP contribution in [0, 0.1) is 0 Å². The second-order valence-corrected chi connectivity index (χ2v) is 14.3. The standard InChI is InChI=1S/C19H30N2O2.C15H24N2/c1-18(2,3)15-9-7-8-10-16(15)20-11-13-21(14-12-20)17(22)23-19(4,5)6;1-15(2,3)13-7-5-6-8-14(13)17-11-9-16(4)10-12-17/h7-10H,11-14H2,1-6H3;5-8H,9-12H2,1-4H3. The number of carbonyl (C=O) groups is 1. The van der Waals surface area contributed by atoms with E-state index in [0.717, 1.165) is 26.2 Å². The molecule has 0 unspecified atom stereocenters. The lowest BCUT2D eigenvalue weighted by atomic mass is 9.85. The molecule has 0 bridgehead atoms. The number of hydrogen-bond acceptors (Lipinski definition) is 5. The van der Waals surface area contributed by atoms with Gasteiger partial charge in [0.05, 0.1) is 0 Å². The molecule has 0 aliphatic carbocycles. The summed E-state index contributed by atoms with van der Waals surface area (Å²) in [5, 5.41) is 0. The van der Waals surface area contributed by atoms with Gasteiger partial charge in [-0.05, 0) is 61.9 Å². The van der Waals surface area contributed by atoms with Crippen molar-refractivity contribution in [2.45, 2.75) is 78.7 Å². The SMILES string of the molecule is CC(C)(C)OC(=O)N1CCN(c2ccccc2C(C)(C)C)CC1.CN1CCN(c2ccccc2C(C)(C)C)CC1. The van der Waals surface area contributed by atoms with Crippen molar-refractivity contribution < 1.29 is 9.53 Å². The van der Waals surface area contributed by atoms with E-state index < -0.39 is 5.60 Å². The number of para-hydroxylation sites is 2. The van der Waals surface area contributed by atoms with Gasteiger partial charge in [0.25, 0.3) is 0 Å². The zero-order chi connectivity index (χ0) is 29.7. The summed E-state index contributed by atoms with van der Waals surface area (Å²) in [7, 11) is 2.20. The van der Waals surface area contributed by atoms with Crippen molar-refractivity contribution in [2.75, 3.05) is 69.2 Å². The fraction of sp³-hybridized carbons (Fsp3) is 0.618. The van der Waals surface area contributed by atoms with Gasteiger partial charge in [0.15, 0.2) is 0 Å². The number of ether oxygens (including phenoxy) is 1. The third-order valence-corrected chi connectivity index (χ3v) is 7.54. The predicted molar refractivity (Wildman–Crippen MR) is 170 cm³/mol. The van der Waals surface area contributed by atoms with E-state index in [9.17, 15) is 4.79 Å². The molecule has 0 atom stereocenters. The molecule has 2 heterocycles. The Morgan fingerprint density at radius 1 is 0.600 bits per heavy atom. The molecule has 6 nitrogen and oxygen atoms in total. The summed E-state index contributed by atoms with van der Waals surface area (Å²) in [4.78, 5) is 21.3. The van der Waals surface area contributed by atoms with Crippen LogP contribution in [0.15, 0.2) is 48.5 Å². The number of hydrogen-bond donors (Lipinski definition) is 0. The van der Waals surface area contributed by atoms with E-state index in [-0.39, 0.29) is 16.9 Å². The molecule has 1 amide bonds. The van der Waals surface area contributed by atoms with Crippen LogP contribution in [0.5, 0.6) is 0 Å². The molecule has 4 rings (SSSR count). The lowest BCUT2D eigenvalue weighted by Gasteiger charge is -2.38. The third-order valence-electron chi connectivity index (χ3n) is 7.54. The average Bonchev–Trinajstić information content (AvgIpc) is 2.88. The molecular formula is C34H54N4O2. The van der Waals surface area contributed by atoms with Crippen LogP contribution in [0.1, 0.15) is 73.4 Å². The molecule has 2 aromatic rings. The summed E-state index contributed by atoms with van der Waals surface area (Å²) in [5.74, 6) is 0. The molecule has 2 fully saturated rings. The zero-order valence-electron chi connectivity index (χ0n) is 26.9. The highest BCUT2D eigenvalue weighted by Gasteiger charge is 2.28. The molecular weight excluding hydrogens is 496 g/mol. The molecule has 0 aromatic heterocycles. The van der Waals surface area contributed by atoms with Crippen molar-refractivity contribution in [3.8, 4) is 0 Å². The Bertz CT molecular complexity index is 1090. The summed E-state index contributed by atoms with van der Waals surface area (Å²) in [6.45, 7) is 27.0. The van der Waals surface area contributed by atoms with E-state index in [2.05, 4.69) is 112 Å². The predicted octanol–water partition coefficient (Wildman–Crippen LogP) is 6.78. The monoisotopic (exact) mass is 550 g/mol. The number of carbonyl (C=O) groups excluding carboxylic acids is 1. The molecule has 6 heteroatoms. The third kappa shape index (κ3) is 8.89. The fourth-order valence-electron chi connectivity index (χ4n) is 5.27. The van der Waals surface area contributed by atoms with E-state index >= 15 is 0 Å². The molecule has 222 valence electrons. The van der Waals surface area contributed by atoms with E-state index in [1.54, 1.807) is 4.90 Å². The summed E-state index contributed by atoms with van der Waals surface area (Å²) in [6.07, 6.45) is -0.207. The molecule has 2 aromatic carbocycles. The molecule has 0 spiro atoms. The van der Waals surface area contributed by atoms with Crippen molar-refractivity contribution in [3.63, 3.8) is 0 Å². The van der Waals surface area contributed by atoms with Gasteiger partial charge in [-0.15, -0.1) is 0 Å². The van der Waals surface area contributed by atoms with E-state index in [0.29, 0.717) is 13.1 Å². The molecule has 0 radical (unpaired) electrons. The number of amides is 1. The Morgan fingerprint density at radius 2 is 0.975 bits per heavy atom. The summed E-state index contributed by atoms with van der Waals surface area (Å²) in [6, 6.07) is 17.4. The smallest absolute Gasteiger partial charge is 0.410 e. The molecule has 2 aliphatic rings. The maximum atomic E-state index is 12.2.